The first-order valence-corrected chi connectivity index (χ1v) is 8.21. The normalized spacial score (nSPS) is 20.3. The molecule has 0 aromatic rings. The van der Waals surface area contributed by atoms with Crippen LogP contribution < -0.4 is 11.1 Å². The number of rotatable bonds is 6. The maximum Gasteiger partial charge on any atom is 0.329 e. The van der Waals surface area contributed by atoms with Gasteiger partial charge in [0, 0.05) is 0 Å². The molecule has 4 N–H and O–H groups in total. The lowest BCUT2D eigenvalue weighted by Crippen LogP contribution is -2.58. The Morgan fingerprint density at radius 2 is 1.89 bits per heavy atom. The van der Waals surface area contributed by atoms with Gasteiger partial charge in [0.25, 0.3) is 0 Å². The van der Waals surface area contributed by atoms with Gasteiger partial charge in [0.2, 0.25) is 5.91 Å². The minimum absolute atomic E-state index is 0.335. The van der Waals surface area contributed by atoms with Crippen molar-refractivity contribution in [2.75, 3.05) is 12.0 Å². The minimum Gasteiger partial charge on any atom is -0.480 e. The Labute approximate surface area is 118 Å². The molecule has 1 fully saturated rings. The summed E-state index contributed by atoms with van der Waals surface area (Å²) in [6, 6.07) is -0.619. The van der Waals surface area contributed by atoms with E-state index in [4.69, 9.17) is 5.73 Å². The number of thioether (sulfide) groups is 1. The fourth-order valence-electron chi connectivity index (χ4n) is 2.43. The summed E-state index contributed by atoms with van der Waals surface area (Å²) in [5.74, 6) is -0.465. The summed E-state index contributed by atoms with van der Waals surface area (Å²) in [5.41, 5.74) is 4.69. The summed E-state index contributed by atoms with van der Waals surface area (Å²) < 4.78 is 0. The highest BCUT2D eigenvalue weighted by atomic mass is 32.2. The summed E-state index contributed by atoms with van der Waals surface area (Å²) in [4.78, 5) is 23.6. The van der Waals surface area contributed by atoms with Crippen LogP contribution in [0.1, 0.15) is 44.9 Å². The highest BCUT2D eigenvalue weighted by Gasteiger charge is 2.40. The molecule has 110 valence electrons. The third-order valence-electron chi connectivity index (χ3n) is 3.70. The maximum absolute atomic E-state index is 12.0. The van der Waals surface area contributed by atoms with Gasteiger partial charge in [-0.25, -0.2) is 4.79 Å². The Kier molecular flexibility index (Phi) is 6.65. The molecule has 0 unspecified atom stereocenters. The van der Waals surface area contributed by atoms with Crippen molar-refractivity contribution < 1.29 is 14.7 Å². The number of nitrogens with one attached hydrogen (secondary N) is 1. The van der Waals surface area contributed by atoms with E-state index in [0.29, 0.717) is 19.3 Å². The van der Waals surface area contributed by atoms with Crippen LogP contribution in [0.25, 0.3) is 0 Å². The standard InChI is InChI=1S/C13H24N2O3S/c1-19-9-6-10(14)11(16)15-13(12(17)18)7-4-2-3-5-8-13/h10H,2-9,14H2,1H3,(H,15,16)(H,17,18)/t10-/m1/s1. The molecule has 0 aromatic carbocycles. The van der Waals surface area contributed by atoms with E-state index in [1.807, 2.05) is 6.26 Å². The number of nitrogens with two attached hydrogens (primary N) is 1. The Morgan fingerprint density at radius 3 is 2.37 bits per heavy atom. The van der Waals surface area contributed by atoms with Crippen molar-refractivity contribution in [3.8, 4) is 0 Å². The predicted molar refractivity (Wildman–Crippen MR) is 77.2 cm³/mol. The number of amides is 1. The van der Waals surface area contributed by atoms with Crippen molar-refractivity contribution in [3.63, 3.8) is 0 Å². The van der Waals surface area contributed by atoms with Crippen LogP contribution in [0.3, 0.4) is 0 Å². The number of hydrogen-bond donors (Lipinski definition) is 3. The third kappa shape index (κ3) is 4.69. The summed E-state index contributed by atoms with van der Waals surface area (Å²) >= 11 is 1.63. The Bertz CT molecular complexity index is 315. The molecule has 0 heterocycles. The Balaban J connectivity index is 2.67. The number of aliphatic carboxylic acids is 1. The topological polar surface area (TPSA) is 92.4 Å². The number of carbonyl (C=O) groups excluding carboxylic acids is 1. The molecule has 1 atom stereocenters. The molecule has 6 heteroatoms. The molecule has 19 heavy (non-hydrogen) atoms. The Morgan fingerprint density at radius 1 is 1.32 bits per heavy atom. The van der Waals surface area contributed by atoms with Gasteiger partial charge in [-0.15, -0.1) is 0 Å². The van der Waals surface area contributed by atoms with Gasteiger partial charge in [-0.05, 0) is 31.3 Å². The second kappa shape index (κ2) is 7.75. The lowest BCUT2D eigenvalue weighted by molar-refractivity contribution is -0.148. The molecule has 0 bridgehead atoms. The number of hydrogen-bond acceptors (Lipinski definition) is 4. The quantitative estimate of drug-likeness (QED) is 0.642. The third-order valence-corrected chi connectivity index (χ3v) is 4.34. The lowest BCUT2D eigenvalue weighted by Gasteiger charge is -2.30. The smallest absolute Gasteiger partial charge is 0.329 e. The first-order valence-electron chi connectivity index (χ1n) is 6.82. The van der Waals surface area contributed by atoms with Crippen LogP contribution in [0.15, 0.2) is 0 Å². The number of carbonyl (C=O) groups is 2. The van der Waals surface area contributed by atoms with E-state index in [2.05, 4.69) is 5.32 Å². The zero-order valence-electron chi connectivity index (χ0n) is 11.5. The van der Waals surface area contributed by atoms with Crippen molar-refractivity contribution in [1.82, 2.24) is 5.32 Å². The molecular formula is C13H24N2O3S. The maximum atomic E-state index is 12.0. The monoisotopic (exact) mass is 288 g/mol. The van der Waals surface area contributed by atoms with E-state index in [0.717, 1.165) is 31.4 Å². The van der Waals surface area contributed by atoms with E-state index in [1.54, 1.807) is 11.8 Å². The highest BCUT2D eigenvalue weighted by Crippen LogP contribution is 2.27. The molecule has 0 saturated heterocycles. The van der Waals surface area contributed by atoms with E-state index in [-0.39, 0.29) is 5.91 Å². The number of carboxylic acids is 1. The number of carboxylic acid groups (broad SMARTS) is 1. The molecule has 1 aliphatic rings. The average molecular weight is 288 g/mol. The molecule has 0 aromatic heterocycles. The fraction of sp³-hybridized carbons (Fsp3) is 0.846. The van der Waals surface area contributed by atoms with Gasteiger partial charge in [-0.2, -0.15) is 11.8 Å². The lowest BCUT2D eigenvalue weighted by atomic mass is 9.89. The first kappa shape index (κ1) is 16.3. The van der Waals surface area contributed by atoms with Crippen LogP contribution in [0.4, 0.5) is 0 Å². The summed E-state index contributed by atoms with van der Waals surface area (Å²) in [6.07, 6.45) is 7.27. The summed E-state index contributed by atoms with van der Waals surface area (Å²) in [5, 5.41) is 12.2. The van der Waals surface area contributed by atoms with Gasteiger partial charge in [-0.1, -0.05) is 25.7 Å². The average Bonchev–Trinajstić information content (AvgIpc) is 2.62. The molecule has 0 radical (unpaired) electrons. The molecule has 1 saturated carbocycles. The zero-order chi connectivity index (χ0) is 14.3. The van der Waals surface area contributed by atoms with Crippen LogP contribution in [0.5, 0.6) is 0 Å². The largest absolute Gasteiger partial charge is 0.480 e. The van der Waals surface area contributed by atoms with Crippen molar-refractivity contribution in [2.24, 2.45) is 5.73 Å². The van der Waals surface area contributed by atoms with Crippen LogP contribution >= 0.6 is 11.8 Å². The molecule has 1 rings (SSSR count). The van der Waals surface area contributed by atoms with E-state index in [1.165, 1.54) is 0 Å². The summed E-state index contributed by atoms with van der Waals surface area (Å²) in [6.45, 7) is 0. The van der Waals surface area contributed by atoms with Gasteiger partial charge in [0.15, 0.2) is 0 Å². The second-order valence-corrected chi connectivity index (χ2v) is 6.16. The molecule has 0 spiro atoms. The van der Waals surface area contributed by atoms with E-state index in [9.17, 15) is 14.7 Å². The Hall–Kier alpha value is -0.750. The molecule has 1 aliphatic carbocycles. The van der Waals surface area contributed by atoms with Gasteiger partial charge >= 0.3 is 5.97 Å². The van der Waals surface area contributed by atoms with Crippen molar-refractivity contribution in [1.29, 1.82) is 0 Å². The van der Waals surface area contributed by atoms with Gasteiger partial charge in [-0.3, -0.25) is 4.79 Å². The van der Waals surface area contributed by atoms with Gasteiger partial charge in [0.05, 0.1) is 6.04 Å². The van der Waals surface area contributed by atoms with Gasteiger partial charge < -0.3 is 16.2 Å². The zero-order valence-corrected chi connectivity index (χ0v) is 12.3. The molecule has 1 amide bonds. The van der Waals surface area contributed by atoms with Crippen molar-refractivity contribution in [2.45, 2.75) is 56.5 Å². The fourth-order valence-corrected chi connectivity index (χ4v) is 2.92. The first-order chi connectivity index (χ1) is 9.02. The van der Waals surface area contributed by atoms with Crippen molar-refractivity contribution in [3.05, 3.63) is 0 Å². The summed E-state index contributed by atoms with van der Waals surface area (Å²) in [7, 11) is 0. The highest BCUT2D eigenvalue weighted by molar-refractivity contribution is 7.98. The molecular weight excluding hydrogens is 264 g/mol. The molecule has 5 nitrogen and oxygen atoms in total. The van der Waals surface area contributed by atoms with Crippen LogP contribution in [-0.4, -0.2) is 40.6 Å². The van der Waals surface area contributed by atoms with Crippen LogP contribution in [0, 0.1) is 0 Å². The second-order valence-electron chi connectivity index (χ2n) is 5.18. The van der Waals surface area contributed by atoms with Crippen molar-refractivity contribution >= 4 is 23.6 Å². The van der Waals surface area contributed by atoms with E-state index < -0.39 is 17.6 Å². The molecule has 0 aliphatic heterocycles. The predicted octanol–water partition coefficient (Wildman–Crippen LogP) is 1.36. The van der Waals surface area contributed by atoms with Gasteiger partial charge in [0.1, 0.15) is 5.54 Å². The van der Waals surface area contributed by atoms with Crippen LogP contribution in [-0.2, 0) is 9.59 Å². The minimum atomic E-state index is -1.11. The van der Waals surface area contributed by atoms with Crippen LogP contribution in [0.2, 0.25) is 0 Å². The van der Waals surface area contributed by atoms with E-state index >= 15 is 0 Å². The SMILES string of the molecule is CSCC[C@@H](N)C(=O)NC1(C(=O)O)CCCCCC1.